The molecule has 1 heterocycles. The smallest absolute Gasteiger partial charge is 0.252 e. The zero-order valence-electron chi connectivity index (χ0n) is 15.1. The van der Waals surface area contributed by atoms with Crippen LogP contribution in [0.2, 0.25) is 0 Å². The normalized spacial score (nSPS) is 18.5. The monoisotopic (exact) mass is 323 g/mol. The van der Waals surface area contributed by atoms with E-state index >= 15 is 0 Å². The molecule has 3 heteroatoms. The van der Waals surface area contributed by atoms with Crippen LogP contribution < -0.4 is 10.1 Å². The molecular weight excluding hydrogens is 298 g/mol. The Morgan fingerprint density at radius 1 is 1.08 bits per heavy atom. The number of hydrogen-bond acceptors (Lipinski definition) is 2. The summed E-state index contributed by atoms with van der Waals surface area (Å²) in [4.78, 5) is 12.9. The van der Waals surface area contributed by atoms with Crippen LogP contribution in [0.15, 0.2) is 36.4 Å². The quantitative estimate of drug-likeness (QED) is 0.874. The summed E-state index contributed by atoms with van der Waals surface area (Å²) < 4.78 is 6.04. The highest BCUT2D eigenvalue weighted by Crippen LogP contribution is 2.39. The summed E-state index contributed by atoms with van der Waals surface area (Å²) in [5, 5.41) is 3.22. The molecule has 1 aliphatic rings. The number of aryl methyl sites for hydroxylation is 3. The minimum Gasteiger partial charge on any atom is -0.487 e. The average Bonchev–Trinajstić information content (AvgIpc) is 2.49. The maximum atomic E-state index is 12.9. The molecule has 0 saturated heterocycles. The van der Waals surface area contributed by atoms with Crippen LogP contribution in [-0.4, -0.2) is 11.5 Å². The van der Waals surface area contributed by atoms with Gasteiger partial charge in [-0.05, 0) is 63.4 Å². The van der Waals surface area contributed by atoms with Crippen molar-refractivity contribution >= 4 is 5.91 Å². The van der Waals surface area contributed by atoms with E-state index in [1.165, 1.54) is 5.56 Å². The topological polar surface area (TPSA) is 38.3 Å². The van der Waals surface area contributed by atoms with Crippen LogP contribution in [0.3, 0.4) is 0 Å². The minimum atomic E-state index is -0.301. The summed E-state index contributed by atoms with van der Waals surface area (Å²) in [5.74, 6) is 0.837. The number of carbonyl (C=O) groups is 1. The Balaban J connectivity index is 1.91. The minimum absolute atomic E-state index is 0.0203. The zero-order valence-corrected chi connectivity index (χ0v) is 15.1. The van der Waals surface area contributed by atoms with Crippen molar-refractivity contribution in [3.63, 3.8) is 0 Å². The predicted molar refractivity (Wildman–Crippen MR) is 96.6 cm³/mol. The van der Waals surface area contributed by atoms with E-state index in [1.807, 2.05) is 44.2 Å². The Hall–Kier alpha value is -2.29. The maximum absolute atomic E-state index is 12.9. The third-order valence-corrected chi connectivity index (χ3v) is 4.77. The first-order valence-electron chi connectivity index (χ1n) is 8.43. The number of hydrogen-bond donors (Lipinski definition) is 1. The summed E-state index contributed by atoms with van der Waals surface area (Å²) in [7, 11) is 0. The van der Waals surface area contributed by atoms with Gasteiger partial charge in [-0.15, -0.1) is 0 Å². The largest absolute Gasteiger partial charge is 0.487 e. The molecule has 0 fully saturated rings. The lowest BCUT2D eigenvalue weighted by molar-refractivity contribution is 0.0619. The molecule has 1 N–H and O–H groups in total. The van der Waals surface area contributed by atoms with E-state index in [2.05, 4.69) is 32.2 Å². The first-order valence-corrected chi connectivity index (χ1v) is 8.43. The highest BCUT2D eigenvalue weighted by atomic mass is 16.5. The van der Waals surface area contributed by atoms with Gasteiger partial charge in [0.1, 0.15) is 11.4 Å². The lowest BCUT2D eigenvalue weighted by Gasteiger charge is -2.38. The fraction of sp³-hybridized carbons (Fsp3) is 0.381. The molecule has 0 saturated carbocycles. The number of fused-ring (bicyclic) bond motifs is 1. The van der Waals surface area contributed by atoms with Gasteiger partial charge in [0.2, 0.25) is 0 Å². The van der Waals surface area contributed by atoms with Crippen LogP contribution in [0.25, 0.3) is 0 Å². The molecule has 0 spiro atoms. The van der Waals surface area contributed by atoms with Crippen molar-refractivity contribution < 1.29 is 9.53 Å². The molecule has 2 aromatic carbocycles. The first-order chi connectivity index (χ1) is 11.3. The Bertz CT molecular complexity index is 792. The van der Waals surface area contributed by atoms with E-state index in [0.717, 1.165) is 34.4 Å². The number of amides is 1. The van der Waals surface area contributed by atoms with Crippen molar-refractivity contribution in [2.75, 3.05) is 0 Å². The molecule has 0 unspecified atom stereocenters. The summed E-state index contributed by atoms with van der Waals surface area (Å²) in [6.45, 7) is 10.2. The summed E-state index contributed by atoms with van der Waals surface area (Å²) in [5.41, 5.74) is 4.85. The predicted octanol–water partition coefficient (Wildman–Crippen LogP) is 4.64. The van der Waals surface area contributed by atoms with Crippen LogP contribution >= 0.6 is 0 Å². The van der Waals surface area contributed by atoms with Gasteiger partial charge in [0, 0.05) is 17.5 Å². The maximum Gasteiger partial charge on any atom is 0.252 e. The van der Waals surface area contributed by atoms with Crippen molar-refractivity contribution in [3.05, 3.63) is 64.2 Å². The second-order valence-corrected chi connectivity index (χ2v) is 7.38. The van der Waals surface area contributed by atoms with Gasteiger partial charge in [0.05, 0.1) is 6.04 Å². The Morgan fingerprint density at radius 3 is 2.50 bits per heavy atom. The van der Waals surface area contributed by atoms with E-state index in [4.69, 9.17) is 4.74 Å². The molecule has 1 aliphatic heterocycles. The lowest BCUT2D eigenvalue weighted by Crippen LogP contribution is -2.41. The Labute approximate surface area is 144 Å². The fourth-order valence-corrected chi connectivity index (χ4v) is 3.37. The van der Waals surface area contributed by atoms with Gasteiger partial charge >= 0.3 is 0 Å². The van der Waals surface area contributed by atoms with Crippen molar-refractivity contribution in [3.8, 4) is 5.75 Å². The van der Waals surface area contributed by atoms with Gasteiger partial charge in [-0.25, -0.2) is 0 Å². The number of carbonyl (C=O) groups excluding carboxylic acids is 1. The van der Waals surface area contributed by atoms with Crippen molar-refractivity contribution in [1.82, 2.24) is 5.32 Å². The molecule has 1 atom stereocenters. The molecule has 0 aliphatic carbocycles. The average molecular weight is 323 g/mol. The van der Waals surface area contributed by atoms with Crippen LogP contribution in [-0.2, 0) is 0 Å². The molecule has 0 bridgehead atoms. The fourth-order valence-electron chi connectivity index (χ4n) is 3.37. The highest BCUT2D eigenvalue weighted by molar-refractivity contribution is 5.96. The van der Waals surface area contributed by atoms with E-state index in [1.54, 1.807) is 0 Å². The summed E-state index contributed by atoms with van der Waals surface area (Å²) >= 11 is 0. The van der Waals surface area contributed by atoms with Gasteiger partial charge in [-0.3, -0.25) is 4.79 Å². The van der Waals surface area contributed by atoms with Crippen molar-refractivity contribution in [2.45, 2.75) is 52.7 Å². The summed E-state index contributed by atoms with van der Waals surface area (Å²) in [6, 6.07) is 12.0. The Morgan fingerprint density at radius 2 is 1.75 bits per heavy atom. The third kappa shape index (κ3) is 3.16. The van der Waals surface area contributed by atoms with E-state index in [9.17, 15) is 4.79 Å². The Kier molecular flexibility index (Phi) is 4.12. The van der Waals surface area contributed by atoms with Gasteiger partial charge in [-0.2, -0.15) is 0 Å². The van der Waals surface area contributed by atoms with Gasteiger partial charge in [0.25, 0.3) is 5.91 Å². The molecule has 3 nitrogen and oxygen atoms in total. The van der Waals surface area contributed by atoms with E-state index in [0.29, 0.717) is 0 Å². The van der Waals surface area contributed by atoms with Crippen LogP contribution in [0.4, 0.5) is 0 Å². The number of rotatable bonds is 2. The highest BCUT2D eigenvalue weighted by Gasteiger charge is 2.34. The molecule has 126 valence electrons. The number of para-hydroxylation sites is 1. The van der Waals surface area contributed by atoms with Gasteiger partial charge < -0.3 is 10.1 Å². The number of ether oxygens (including phenoxy) is 1. The second-order valence-electron chi connectivity index (χ2n) is 7.38. The number of nitrogens with one attached hydrogen (secondary N) is 1. The van der Waals surface area contributed by atoms with Gasteiger partial charge in [0.15, 0.2) is 0 Å². The van der Waals surface area contributed by atoms with Crippen molar-refractivity contribution in [2.24, 2.45) is 0 Å². The number of benzene rings is 2. The molecule has 3 rings (SSSR count). The standard InChI is InChI=1S/C21H25NO2/c1-13-10-15(3)17(11-14(13)2)20(23)22-18-12-21(4,5)24-19-9-7-6-8-16(18)19/h6-11,18H,12H2,1-5H3,(H,22,23)/t18-/m0/s1. The molecular formula is C21H25NO2. The summed E-state index contributed by atoms with van der Waals surface area (Å²) in [6.07, 6.45) is 0.750. The first kappa shape index (κ1) is 16.6. The molecule has 0 aromatic heterocycles. The van der Waals surface area contributed by atoms with E-state index in [-0.39, 0.29) is 17.6 Å². The molecule has 0 radical (unpaired) electrons. The third-order valence-electron chi connectivity index (χ3n) is 4.77. The van der Waals surface area contributed by atoms with Crippen LogP contribution in [0, 0.1) is 20.8 Å². The van der Waals surface area contributed by atoms with Crippen molar-refractivity contribution in [1.29, 1.82) is 0 Å². The molecule has 2 aromatic rings. The molecule has 1 amide bonds. The SMILES string of the molecule is Cc1cc(C)c(C(=O)N[C@H]2CC(C)(C)Oc3ccccc32)cc1C. The molecule has 24 heavy (non-hydrogen) atoms. The van der Waals surface area contributed by atoms with Crippen LogP contribution in [0.5, 0.6) is 5.75 Å². The zero-order chi connectivity index (χ0) is 17.5. The van der Waals surface area contributed by atoms with Crippen LogP contribution in [0.1, 0.15) is 58.9 Å². The lowest BCUT2D eigenvalue weighted by atomic mass is 9.89. The second kappa shape index (κ2) is 5.97. The van der Waals surface area contributed by atoms with E-state index < -0.39 is 0 Å². The van der Waals surface area contributed by atoms with Gasteiger partial charge in [-0.1, -0.05) is 24.3 Å².